The van der Waals surface area contributed by atoms with Crippen LogP contribution in [0, 0.1) is 5.92 Å². The van der Waals surface area contributed by atoms with Gasteiger partial charge in [-0.2, -0.15) is 0 Å². The van der Waals surface area contributed by atoms with E-state index in [1.165, 1.54) is 0 Å². The third kappa shape index (κ3) is 5.13. The lowest BCUT2D eigenvalue weighted by Gasteiger charge is -2.44. The van der Waals surface area contributed by atoms with E-state index in [0.717, 1.165) is 16.3 Å². The second-order valence-electron chi connectivity index (χ2n) is 8.96. The van der Waals surface area contributed by atoms with Crippen molar-refractivity contribution in [1.29, 1.82) is 0 Å². The highest BCUT2D eigenvalue weighted by atomic mass is 16.7. The normalized spacial score (nSPS) is 22.8. The molecule has 174 valence electrons. The van der Waals surface area contributed by atoms with Gasteiger partial charge in [-0.15, -0.1) is 0 Å². The summed E-state index contributed by atoms with van der Waals surface area (Å²) in [6, 6.07) is 20.9. The van der Waals surface area contributed by atoms with Crippen LogP contribution in [0.3, 0.4) is 0 Å². The number of hydrogen-bond donors (Lipinski definition) is 1. The Labute approximate surface area is 194 Å². The molecule has 3 aromatic rings. The second-order valence-corrected chi connectivity index (χ2v) is 8.96. The molecule has 1 aliphatic rings. The summed E-state index contributed by atoms with van der Waals surface area (Å²) in [5.41, 5.74) is -0.205. The monoisotopic (exact) mass is 449 g/mol. The summed E-state index contributed by atoms with van der Waals surface area (Å²) in [7, 11) is 5.57. The Bertz CT molecular complexity index is 1110. The van der Waals surface area contributed by atoms with Crippen LogP contribution in [0.1, 0.15) is 24.8 Å². The molecular formula is C27H31NO5. The number of carbonyl (C=O) groups excluding carboxylic acids is 1. The maximum absolute atomic E-state index is 12.6. The van der Waals surface area contributed by atoms with Gasteiger partial charge in [0, 0.05) is 17.8 Å². The quantitative estimate of drug-likeness (QED) is 0.423. The van der Waals surface area contributed by atoms with Crippen LogP contribution in [0.2, 0.25) is 0 Å². The van der Waals surface area contributed by atoms with Crippen molar-refractivity contribution < 1.29 is 24.1 Å². The topological polar surface area (TPSA) is 68.2 Å². The molecule has 4 rings (SSSR count). The highest BCUT2D eigenvalue weighted by Crippen LogP contribution is 2.43. The highest BCUT2D eigenvalue weighted by Gasteiger charge is 2.45. The van der Waals surface area contributed by atoms with Gasteiger partial charge in [-0.25, -0.2) is 4.79 Å². The van der Waals surface area contributed by atoms with Gasteiger partial charge < -0.3 is 24.2 Å². The van der Waals surface area contributed by atoms with Crippen molar-refractivity contribution in [2.24, 2.45) is 5.92 Å². The number of methoxy groups -OCH3 is 1. The van der Waals surface area contributed by atoms with Crippen molar-refractivity contribution in [2.45, 2.75) is 31.0 Å². The maximum atomic E-state index is 12.6. The zero-order valence-corrected chi connectivity index (χ0v) is 19.4. The van der Waals surface area contributed by atoms with Crippen LogP contribution < -0.4 is 9.47 Å². The van der Waals surface area contributed by atoms with E-state index in [9.17, 15) is 9.90 Å². The number of nitrogens with zero attached hydrogens (tertiary/aromatic N) is 1. The summed E-state index contributed by atoms with van der Waals surface area (Å²) in [6.45, 7) is 0.659. The highest BCUT2D eigenvalue weighted by molar-refractivity contribution is 5.89. The molecule has 3 aromatic carbocycles. The van der Waals surface area contributed by atoms with Crippen molar-refractivity contribution in [3.05, 3.63) is 72.3 Å². The molecule has 0 heterocycles. The molecule has 0 spiro atoms. The molecule has 3 unspecified atom stereocenters. The van der Waals surface area contributed by atoms with E-state index in [1.54, 1.807) is 13.2 Å². The Hall–Kier alpha value is -3.09. The van der Waals surface area contributed by atoms with Gasteiger partial charge in [-0.05, 0) is 62.5 Å². The van der Waals surface area contributed by atoms with Crippen LogP contribution in [0.25, 0.3) is 10.8 Å². The number of aliphatic hydroxyl groups is 1. The molecule has 1 N–H and O–H groups in total. The van der Waals surface area contributed by atoms with E-state index < -0.39 is 11.8 Å². The summed E-state index contributed by atoms with van der Waals surface area (Å²) < 4.78 is 16.6. The molecule has 6 heteroatoms. The summed E-state index contributed by atoms with van der Waals surface area (Å²) >= 11 is 0. The average molecular weight is 450 g/mol. The fourth-order valence-corrected chi connectivity index (χ4v) is 4.80. The lowest BCUT2D eigenvalue weighted by Crippen LogP contribution is -2.47. The molecule has 1 fully saturated rings. The van der Waals surface area contributed by atoms with Gasteiger partial charge >= 0.3 is 6.16 Å². The van der Waals surface area contributed by atoms with Crippen molar-refractivity contribution >= 4 is 16.9 Å². The molecule has 3 atom stereocenters. The van der Waals surface area contributed by atoms with Gasteiger partial charge in [0.2, 0.25) is 0 Å². The van der Waals surface area contributed by atoms with Crippen LogP contribution in [-0.4, -0.2) is 50.0 Å². The minimum atomic E-state index is -1.03. The Morgan fingerprint density at radius 2 is 1.85 bits per heavy atom. The van der Waals surface area contributed by atoms with Crippen molar-refractivity contribution in [3.63, 3.8) is 0 Å². The van der Waals surface area contributed by atoms with Crippen LogP contribution in [-0.2, 0) is 10.3 Å². The number of hydrogen-bond acceptors (Lipinski definition) is 6. The summed E-state index contributed by atoms with van der Waals surface area (Å²) in [5, 5.41) is 13.6. The third-order valence-electron chi connectivity index (χ3n) is 6.43. The van der Waals surface area contributed by atoms with E-state index in [0.29, 0.717) is 37.3 Å². The first-order valence-corrected chi connectivity index (χ1v) is 11.3. The molecule has 1 aliphatic carbocycles. The standard InChI is InChI=1S/C27H31NO5/c1-28(2)18-21-17-23(14-15-27(21,30)20-10-7-11-22(16-20)31-3)32-26(29)33-25-13-6-9-19-8-4-5-12-24(19)25/h4-13,16,21,23,30H,14-15,17-18H2,1-3H3. The molecule has 6 nitrogen and oxygen atoms in total. The molecule has 0 aromatic heterocycles. The van der Waals surface area contributed by atoms with Crippen LogP contribution in [0.4, 0.5) is 4.79 Å². The summed E-state index contributed by atoms with van der Waals surface area (Å²) in [5.74, 6) is 1.07. The van der Waals surface area contributed by atoms with Gasteiger partial charge in [-0.3, -0.25) is 0 Å². The van der Waals surface area contributed by atoms with Crippen molar-refractivity contribution in [1.82, 2.24) is 4.90 Å². The van der Waals surface area contributed by atoms with Crippen molar-refractivity contribution in [2.75, 3.05) is 27.7 Å². The molecule has 0 aliphatic heterocycles. The van der Waals surface area contributed by atoms with E-state index in [-0.39, 0.29) is 12.0 Å². The summed E-state index contributed by atoms with van der Waals surface area (Å²) in [4.78, 5) is 14.7. The molecule has 0 saturated heterocycles. The van der Waals surface area contributed by atoms with Gasteiger partial charge in [-0.1, -0.05) is 48.5 Å². The number of benzene rings is 3. The SMILES string of the molecule is COc1cccc(C2(O)CCC(OC(=O)Oc3cccc4ccccc34)CC2CN(C)C)c1. The van der Waals surface area contributed by atoms with Crippen LogP contribution in [0.15, 0.2) is 66.7 Å². The molecule has 0 amide bonds. The lowest BCUT2D eigenvalue weighted by molar-refractivity contribution is -0.0972. The predicted molar refractivity (Wildman–Crippen MR) is 128 cm³/mol. The molecular weight excluding hydrogens is 418 g/mol. The Morgan fingerprint density at radius 3 is 2.64 bits per heavy atom. The fourth-order valence-electron chi connectivity index (χ4n) is 4.80. The lowest BCUT2D eigenvalue weighted by atomic mass is 9.70. The maximum Gasteiger partial charge on any atom is 0.514 e. The minimum absolute atomic E-state index is 0.122. The van der Waals surface area contributed by atoms with E-state index in [4.69, 9.17) is 14.2 Å². The zero-order chi connectivity index (χ0) is 23.4. The molecule has 33 heavy (non-hydrogen) atoms. The van der Waals surface area contributed by atoms with E-state index in [2.05, 4.69) is 0 Å². The molecule has 1 saturated carbocycles. The van der Waals surface area contributed by atoms with Crippen LogP contribution >= 0.6 is 0 Å². The van der Waals surface area contributed by atoms with Gasteiger partial charge in [0.1, 0.15) is 17.6 Å². The largest absolute Gasteiger partial charge is 0.514 e. The smallest absolute Gasteiger partial charge is 0.497 e. The zero-order valence-electron chi connectivity index (χ0n) is 19.4. The van der Waals surface area contributed by atoms with E-state index in [1.807, 2.05) is 79.7 Å². The van der Waals surface area contributed by atoms with Gasteiger partial charge in [0.15, 0.2) is 0 Å². The first kappa shape index (κ1) is 23.1. The molecule has 0 radical (unpaired) electrons. The first-order chi connectivity index (χ1) is 15.9. The number of rotatable bonds is 6. The fraction of sp³-hybridized carbons (Fsp3) is 0.370. The Morgan fingerprint density at radius 1 is 1.09 bits per heavy atom. The second kappa shape index (κ2) is 9.81. The number of carbonyl (C=O) groups is 1. The average Bonchev–Trinajstić information content (AvgIpc) is 2.81. The van der Waals surface area contributed by atoms with E-state index >= 15 is 0 Å². The Balaban J connectivity index is 1.48. The number of ether oxygens (including phenoxy) is 3. The minimum Gasteiger partial charge on any atom is -0.497 e. The Kier molecular flexibility index (Phi) is 6.86. The predicted octanol–water partition coefficient (Wildman–Crippen LogP) is 4.98. The van der Waals surface area contributed by atoms with Crippen molar-refractivity contribution in [3.8, 4) is 11.5 Å². The van der Waals surface area contributed by atoms with Gasteiger partial charge in [0.05, 0.1) is 12.7 Å². The van der Waals surface area contributed by atoms with Crippen LogP contribution in [0.5, 0.6) is 11.5 Å². The summed E-state index contributed by atoms with van der Waals surface area (Å²) in [6.07, 6.45) is 0.513. The number of fused-ring (bicyclic) bond motifs is 1. The first-order valence-electron chi connectivity index (χ1n) is 11.3. The third-order valence-corrected chi connectivity index (χ3v) is 6.43. The molecule has 0 bridgehead atoms. The van der Waals surface area contributed by atoms with Gasteiger partial charge in [0.25, 0.3) is 0 Å².